The SMILES string of the molecule is COc1ccc(CC(=O)N2CCC(c3cc(-c4ccc(N)nc4)cc(C)n3)CC2)cc1. The molecule has 31 heavy (non-hydrogen) atoms. The first-order chi connectivity index (χ1) is 15.0. The highest BCUT2D eigenvalue weighted by atomic mass is 16.5. The fourth-order valence-corrected chi connectivity index (χ4v) is 4.10. The van der Waals surface area contributed by atoms with Crippen molar-refractivity contribution >= 4 is 11.7 Å². The quantitative estimate of drug-likeness (QED) is 0.680. The molecule has 3 heterocycles. The number of likely N-dealkylation sites (tertiary alicyclic amines) is 1. The number of nitrogens with zero attached hydrogens (tertiary/aromatic N) is 3. The molecule has 0 spiro atoms. The van der Waals surface area contributed by atoms with Crippen molar-refractivity contribution in [2.75, 3.05) is 25.9 Å². The number of hydrogen-bond acceptors (Lipinski definition) is 5. The average Bonchev–Trinajstić information content (AvgIpc) is 2.80. The summed E-state index contributed by atoms with van der Waals surface area (Å²) in [5.74, 6) is 1.85. The lowest BCUT2D eigenvalue weighted by molar-refractivity contribution is -0.131. The topological polar surface area (TPSA) is 81.3 Å². The fourth-order valence-electron chi connectivity index (χ4n) is 4.10. The predicted molar refractivity (Wildman–Crippen MR) is 122 cm³/mol. The molecule has 160 valence electrons. The number of aryl methyl sites for hydroxylation is 1. The monoisotopic (exact) mass is 416 g/mol. The van der Waals surface area contributed by atoms with E-state index in [4.69, 9.17) is 15.5 Å². The van der Waals surface area contributed by atoms with Gasteiger partial charge < -0.3 is 15.4 Å². The van der Waals surface area contributed by atoms with Gasteiger partial charge >= 0.3 is 0 Å². The van der Waals surface area contributed by atoms with Gasteiger partial charge in [-0.2, -0.15) is 0 Å². The normalized spacial score (nSPS) is 14.5. The van der Waals surface area contributed by atoms with Gasteiger partial charge in [0.25, 0.3) is 0 Å². The molecule has 6 heteroatoms. The number of nitrogens with two attached hydrogens (primary N) is 1. The number of rotatable bonds is 5. The highest BCUT2D eigenvalue weighted by molar-refractivity contribution is 5.79. The average molecular weight is 417 g/mol. The molecule has 0 aliphatic carbocycles. The maximum absolute atomic E-state index is 12.7. The van der Waals surface area contributed by atoms with Crippen molar-refractivity contribution in [2.24, 2.45) is 0 Å². The molecule has 0 saturated carbocycles. The second-order valence-electron chi connectivity index (χ2n) is 8.07. The Morgan fingerprint density at radius 3 is 2.48 bits per heavy atom. The molecule has 0 radical (unpaired) electrons. The number of methoxy groups -OCH3 is 1. The fraction of sp³-hybridized carbons (Fsp3) is 0.320. The summed E-state index contributed by atoms with van der Waals surface area (Å²) in [7, 11) is 1.64. The first kappa shape index (κ1) is 20.8. The third-order valence-electron chi connectivity index (χ3n) is 5.87. The number of anilines is 1. The van der Waals surface area contributed by atoms with E-state index in [9.17, 15) is 4.79 Å². The van der Waals surface area contributed by atoms with E-state index in [1.165, 1.54) is 0 Å². The largest absolute Gasteiger partial charge is 0.497 e. The molecule has 4 rings (SSSR count). The molecule has 1 amide bonds. The van der Waals surface area contributed by atoms with Gasteiger partial charge in [0, 0.05) is 42.2 Å². The van der Waals surface area contributed by atoms with Gasteiger partial charge in [0.2, 0.25) is 5.91 Å². The highest BCUT2D eigenvalue weighted by Gasteiger charge is 2.25. The molecule has 1 aromatic carbocycles. The first-order valence-corrected chi connectivity index (χ1v) is 10.6. The third-order valence-corrected chi connectivity index (χ3v) is 5.87. The van der Waals surface area contributed by atoms with Crippen LogP contribution in [0.25, 0.3) is 11.1 Å². The van der Waals surface area contributed by atoms with Gasteiger partial charge in [-0.05, 0) is 67.3 Å². The van der Waals surface area contributed by atoms with Crippen molar-refractivity contribution in [3.63, 3.8) is 0 Å². The van der Waals surface area contributed by atoms with Crippen LogP contribution >= 0.6 is 0 Å². The van der Waals surface area contributed by atoms with Gasteiger partial charge in [-0.3, -0.25) is 9.78 Å². The Morgan fingerprint density at radius 2 is 1.84 bits per heavy atom. The minimum Gasteiger partial charge on any atom is -0.497 e. The van der Waals surface area contributed by atoms with Gasteiger partial charge in [0.05, 0.1) is 13.5 Å². The van der Waals surface area contributed by atoms with Gasteiger partial charge in [0.1, 0.15) is 11.6 Å². The molecule has 1 fully saturated rings. The Morgan fingerprint density at radius 1 is 1.10 bits per heavy atom. The summed E-state index contributed by atoms with van der Waals surface area (Å²) in [5.41, 5.74) is 10.9. The van der Waals surface area contributed by atoms with Gasteiger partial charge in [0.15, 0.2) is 0 Å². The summed E-state index contributed by atoms with van der Waals surface area (Å²) in [6.45, 7) is 3.54. The highest BCUT2D eigenvalue weighted by Crippen LogP contribution is 2.30. The van der Waals surface area contributed by atoms with E-state index in [1.54, 1.807) is 13.3 Å². The van der Waals surface area contributed by atoms with Crippen molar-refractivity contribution in [1.29, 1.82) is 0 Å². The van der Waals surface area contributed by atoms with E-state index in [0.717, 1.165) is 59.8 Å². The summed E-state index contributed by atoms with van der Waals surface area (Å²) >= 11 is 0. The second kappa shape index (κ2) is 9.16. The Bertz CT molecular complexity index is 1040. The Labute approximate surface area is 183 Å². The van der Waals surface area contributed by atoms with Crippen LogP contribution in [0.15, 0.2) is 54.7 Å². The lowest BCUT2D eigenvalue weighted by Crippen LogP contribution is -2.38. The van der Waals surface area contributed by atoms with E-state index < -0.39 is 0 Å². The van der Waals surface area contributed by atoms with Gasteiger partial charge in [-0.15, -0.1) is 0 Å². The van der Waals surface area contributed by atoms with Crippen molar-refractivity contribution in [1.82, 2.24) is 14.9 Å². The molecule has 1 aliphatic heterocycles. The minimum atomic E-state index is 0.175. The van der Waals surface area contributed by atoms with Gasteiger partial charge in [-0.1, -0.05) is 12.1 Å². The van der Waals surface area contributed by atoms with Gasteiger partial charge in [-0.25, -0.2) is 4.98 Å². The summed E-state index contributed by atoms with van der Waals surface area (Å²) in [6.07, 6.45) is 4.06. The number of aromatic nitrogens is 2. The standard InChI is InChI=1S/C25H28N4O2/c1-17-13-21(20-5-8-24(26)27-16-20)15-23(28-17)19-9-11-29(12-10-19)25(30)14-18-3-6-22(31-2)7-4-18/h3-8,13,15-16,19H,9-12,14H2,1-2H3,(H2,26,27). The zero-order valence-electron chi connectivity index (χ0n) is 18.0. The molecule has 2 aromatic heterocycles. The number of carbonyl (C=O) groups is 1. The van der Waals surface area contributed by atoms with E-state index in [2.05, 4.69) is 17.1 Å². The predicted octanol–water partition coefficient (Wildman–Crippen LogP) is 3.99. The maximum Gasteiger partial charge on any atom is 0.226 e. The Balaban J connectivity index is 1.40. The molecule has 0 bridgehead atoms. The molecule has 1 saturated heterocycles. The summed E-state index contributed by atoms with van der Waals surface area (Å²) in [6, 6.07) is 15.7. The lowest BCUT2D eigenvalue weighted by atomic mass is 9.91. The van der Waals surface area contributed by atoms with Crippen molar-refractivity contribution in [3.05, 3.63) is 71.7 Å². The number of piperidine rings is 1. The van der Waals surface area contributed by atoms with Crippen LogP contribution in [-0.4, -0.2) is 41.0 Å². The summed E-state index contributed by atoms with van der Waals surface area (Å²) in [4.78, 5) is 23.7. The molecular formula is C25H28N4O2. The smallest absolute Gasteiger partial charge is 0.226 e. The van der Waals surface area contributed by atoms with Crippen LogP contribution in [-0.2, 0) is 11.2 Å². The van der Waals surface area contributed by atoms with Crippen LogP contribution in [0, 0.1) is 6.92 Å². The Hall–Kier alpha value is -3.41. The first-order valence-electron chi connectivity index (χ1n) is 10.6. The van der Waals surface area contributed by atoms with Crippen LogP contribution in [0.3, 0.4) is 0 Å². The molecule has 1 aliphatic rings. The zero-order chi connectivity index (χ0) is 21.8. The van der Waals surface area contributed by atoms with Crippen LogP contribution in [0.2, 0.25) is 0 Å². The third kappa shape index (κ3) is 5.02. The zero-order valence-corrected chi connectivity index (χ0v) is 18.0. The molecule has 6 nitrogen and oxygen atoms in total. The molecule has 2 N–H and O–H groups in total. The summed E-state index contributed by atoms with van der Waals surface area (Å²) < 4.78 is 5.18. The maximum atomic E-state index is 12.7. The number of benzene rings is 1. The molecule has 0 atom stereocenters. The number of pyridine rings is 2. The molecule has 3 aromatic rings. The van der Waals surface area contributed by atoms with Crippen molar-refractivity contribution < 1.29 is 9.53 Å². The van der Waals surface area contributed by atoms with Crippen LogP contribution in [0.5, 0.6) is 5.75 Å². The van der Waals surface area contributed by atoms with Crippen LogP contribution < -0.4 is 10.5 Å². The van der Waals surface area contributed by atoms with Crippen LogP contribution in [0.4, 0.5) is 5.82 Å². The minimum absolute atomic E-state index is 0.175. The van der Waals surface area contributed by atoms with E-state index in [0.29, 0.717) is 18.2 Å². The van der Waals surface area contributed by atoms with E-state index >= 15 is 0 Å². The number of amides is 1. The van der Waals surface area contributed by atoms with E-state index in [1.807, 2.05) is 48.2 Å². The van der Waals surface area contributed by atoms with Crippen LogP contribution in [0.1, 0.15) is 35.7 Å². The number of nitrogen functional groups attached to an aromatic ring is 1. The van der Waals surface area contributed by atoms with Crippen molar-refractivity contribution in [3.8, 4) is 16.9 Å². The summed E-state index contributed by atoms with van der Waals surface area (Å²) in [5, 5.41) is 0. The number of hydrogen-bond donors (Lipinski definition) is 1. The molecular weight excluding hydrogens is 388 g/mol. The molecule has 0 unspecified atom stereocenters. The second-order valence-corrected chi connectivity index (χ2v) is 8.07. The Kier molecular flexibility index (Phi) is 6.16. The number of ether oxygens (including phenoxy) is 1. The van der Waals surface area contributed by atoms with E-state index in [-0.39, 0.29) is 5.91 Å². The number of carbonyl (C=O) groups excluding carboxylic acids is 1. The lowest BCUT2D eigenvalue weighted by Gasteiger charge is -2.32. The van der Waals surface area contributed by atoms with Crippen molar-refractivity contribution in [2.45, 2.75) is 32.1 Å².